The molecule has 4 heterocycles. The van der Waals surface area contributed by atoms with E-state index in [0.717, 1.165) is 58.4 Å². The van der Waals surface area contributed by atoms with E-state index >= 15 is 0 Å². The van der Waals surface area contributed by atoms with Crippen LogP contribution >= 0.6 is 11.6 Å². The summed E-state index contributed by atoms with van der Waals surface area (Å²) < 4.78 is 42.8. The Labute approximate surface area is 425 Å². The van der Waals surface area contributed by atoms with Gasteiger partial charge in [-0.25, -0.2) is 32.2 Å². The van der Waals surface area contributed by atoms with E-state index < -0.39 is 41.1 Å². The summed E-state index contributed by atoms with van der Waals surface area (Å²) in [6.07, 6.45) is 5.83. The molecule has 0 aliphatic heterocycles. The second-order valence-electron chi connectivity index (χ2n) is 18.0. The fourth-order valence-corrected chi connectivity index (χ4v) is 9.72. The van der Waals surface area contributed by atoms with Crippen molar-refractivity contribution in [1.82, 2.24) is 50.5 Å². The zero-order chi connectivity index (χ0) is 52.5. The Kier molecular flexibility index (Phi) is 14.2. The molecule has 4 amide bonds. The molecule has 4 aromatic carbocycles. The Bertz CT molecular complexity index is 3400. The van der Waals surface area contributed by atoms with E-state index in [2.05, 4.69) is 41.4 Å². The van der Waals surface area contributed by atoms with Gasteiger partial charge in [-0.05, 0) is 122 Å². The molecule has 0 saturated heterocycles. The lowest BCUT2D eigenvalue weighted by atomic mass is 9.96. The number of aromatic nitrogens is 6. The van der Waals surface area contributed by atoms with Crippen LogP contribution in [0.25, 0.3) is 11.3 Å². The first kappa shape index (κ1) is 50.4. The van der Waals surface area contributed by atoms with Crippen molar-refractivity contribution in [1.29, 1.82) is 0 Å². The van der Waals surface area contributed by atoms with Crippen LogP contribution in [-0.2, 0) is 25.9 Å². The molecule has 0 bridgehead atoms. The van der Waals surface area contributed by atoms with Gasteiger partial charge in [-0.3, -0.25) is 28.8 Å². The van der Waals surface area contributed by atoms with Gasteiger partial charge in [0.1, 0.15) is 28.6 Å². The monoisotopic (exact) mass is 1020 g/mol. The van der Waals surface area contributed by atoms with Gasteiger partial charge in [0.2, 0.25) is 0 Å². The molecule has 2 atom stereocenters. The summed E-state index contributed by atoms with van der Waals surface area (Å²) in [4.78, 5) is 84.8. The maximum absolute atomic E-state index is 13.5. The summed E-state index contributed by atoms with van der Waals surface area (Å²) in [6, 6.07) is 20.3. The Morgan fingerprint density at radius 3 is 1.45 bits per heavy atom. The van der Waals surface area contributed by atoms with E-state index in [1.807, 2.05) is 26.0 Å². The van der Waals surface area contributed by atoms with Crippen molar-refractivity contribution in [2.75, 3.05) is 0 Å². The highest BCUT2D eigenvalue weighted by molar-refractivity contribution is 6.30. The molecule has 0 fully saturated rings. The first-order valence-electron chi connectivity index (χ1n) is 23.5. The zero-order valence-electron chi connectivity index (χ0n) is 40.3. The van der Waals surface area contributed by atoms with Gasteiger partial charge in [-0.2, -0.15) is 10.2 Å². The molecule has 16 nitrogen and oxygen atoms in total. The van der Waals surface area contributed by atoms with Crippen LogP contribution in [-0.4, -0.2) is 64.4 Å². The number of hydrogen-bond donors (Lipinski definition) is 4. The molecular formula is C54H46ClF3N10O6. The van der Waals surface area contributed by atoms with Crippen LogP contribution < -0.4 is 21.3 Å². The van der Waals surface area contributed by atoms with E-state index in [4.69, 9.17) is 11.6 Å². The van der Waals surface area contributed by atoms with Crippen LogP contribution in [0.4, 0.5) is 13.2 Å². The van der Waals surface area contributed by atoms with Crippen LogP contribution in [0.1, 0.15) is 146 Å². The van der Waals surface area contributed by atoms with E-state index in [9.17, 15) is 41.9 Å². The van der Waals surface area contributed by atoms with E-state index in [1.165, 1.54) is 64.7 Å². The summed E-state index contributed by atoms with van der Waals surface area (Å²) in [5.41, 5.74) is 9.29. The summed E-state index contributed by atoms with van der Waals surface area (Å²) in [7, 11) is 0. The summed E-state index contributed by atoms with van der Waals surface area (Å²) in [5, 5.41) is 19.7. The largest absolute Gasteiger partial charge is 0.347 e. The summed E-state index contributed by atoms with van der Waals surface area (Å²) >= 11 is 5.82. The summed E-state index contributed by atoms with van der Waals surface area (Å²) in [5.74, 6) is -4.43. The second-order valence-corrected chi connectivity index (χ2v) is 18.4. The van der Waals surface area contributed by atoms with Crippen LogP contribution in [0.5, 0.6) is 0 Å². The molecule has 376 valence electrons. The van der Waals surface area contributed by atoms with Gasteiger partial charge in [0.25, 0.3) is 23.6 Å². The predicted octanol–water partition coefficient (Wildman–Crippen LogP) is 8.25. The minimum absolute atomic E-state index is 0.000939. The number of benzene rings is 4. The fourth-order valence-electron chi connectivity index (χ4n) is 9.51. The smallest absolute Gasteiger partial charge is 0.270 e. The van der Waals surface area contributed by atoms with Gasteiger partial charge in [0, 0.05) is 48.5 Å². The highest BCUT2D eigenvalue weighted by Gasteiger charge is 2.30. The SMILES string of the molecule is CC(=O)c1ccc2c(c1C)CC[C@@H]2NC(=O)c1cc(C(=O)NCc2ccc(F)c(Cl)c2)nc2ccnn12.CC(=O)c1ccc2c(c1C)CC[C@@H]2NC(=O)c1cc(C(=O)NCc2ccc(F)c(F)c2)nc2ccnn12. The molecule has 0 spiro atoms. The highest BCUT2D eigenvalue weighted by atomic mass is 35.5. The van der Waals surface area contributed by atoms with Crippen LogP contribution in [0.15, 0.2) is 97.3 Å². The van der Waals surface area contributed by atoms with Gasteiger partial charge < -0.3 is 21.3 Å². The standard InChI is InChI=1S/C27H23ClFN5O3.C27H23F2N5O3/c1-14-17(15(2)35)4-5-19-18(14)6-8-22(19)33-27(37)24-12-23(32-25-9-10-31-34(24)25)26(36)30-13-16-3-7-21(29)20(28)11-16;1-14-17(15(2)35)4-5-19-18(14)6-8-22(19)33-27(37)24-12-23(32-25-9-10-31-34(24)25)26(36)30-13-16-3-7-20(28)21(29)11-16/h2*3-5,7,9-12,22H,6,8,13H2,1-2H3,(H,30,36)(H,33,37)/t2*22-/m00/s1. The molecule has 2 aliphatic carbocycles. The Morgan fingerprint density at radius 2 is 1.01 bits per heavy atom. The summed E-state index contributed by atoms with van der Waals surface area (Å²) in [6.45, 7) is 6.98. The number of carbonyl (C=O) groups is 6. The molecule has 4 aromatic heterocycles. The van der Waals surface area contributed by atoms with Gasteiger partial charge in [-0.15, -0.1) is 0 Å². The molecule has 20 heteroatoms. The third kappa shape index (κ3) is 10.2. The molecule has 0 radical (unpaired) electrons. The molecule has 0 saturated carbocycles. The topological polar surface area (TPSA) is 211 Å². The van der Waals surface area contributed by atoms with Gasteiger partial charge in [0.05, 0.1) is 29.5 Å². The van der Waals surface area contributed by atoms with Crippen LogP contribution in [0, 0.1) is 31.3 Å². The maximum atomic E-state index is 13.5. The number of carbonyl (C=O) groups excluding carboxylic acids is 6. The van der Waals surface area contributed by atoms with E-state index in [-0.39, 0.29) is 64.5 Å². The lowest BCUT2D eigenvalue weighted by Gasteiger charge is -2.16. The van der Waals surface area contributed by atoms with E-state index in [0.29, 0.717) is 46.4 Å². The number of rotatable bonds is 12. The number of halogens is 4. The lowest BCUT2D eigenvalue weighted by molar-refractivity contribution is 0.0916. The van der Waals surface area contributed by atoms with Crippen molar-refractivity contribution >= 4 is 58.1 Å². The minimum atomic E-state index is -1.01. The predicted molar refractivity (Wildman–Crippen MR) is 266 cm³/mol. The highest BCUT2D eigenvalue weighted by Crippen LogP contribution is 2.36. The number of amides is 4. The van der Waals surface area contributed by atoms with Crippen LogP contribution in [0.3, 0.4) is 0 Å². The number of ketones is 2. The number of hydrogen-bond acceptors (Lipinski definition) is 10. The average molecular weight is 1020 g/mol. The second kappa shape index (κ2) is 20.9. The average Bonchev–Trinajstić information content (AvgIpc) is 4.22. The number of fused-ring (bicyclic) bond motifs is 4. The van der Waals surface area contributed by atoms with Crippen LogP contribution in [0.2, 0.25) is 5.02 Å². The van der Waals surface area contributed by atoms with Crippen molar-refractivity contribution in [3.63, 3.8) is 0 Å². The van der Waals surface area contributed by atoms with Crippen molar-refractivity contribution in [3.8, 4) is 0 Å². The Hall–Kier alpha value is -8.58. The fraction of sp³-hybridized carbons (Fsp3) is 0.222. The quantitative estimate of drug-likeness (QED) is 0.0861. The number of Topliss-reactive ketones (excluding diaryl/α,β-unsaturated/α-hetero) is 2. The first-order chi connectivity index (χ1) is 35.4. The lowest BCUT2D eigenvalue weighted by Crippen LogP contribution is -2.30. The number of nitrogens with zero attached hydrogens (tertiary/aromatic N) is 6. The molecule has 74 heavy (non-hydrogen) atoms. The van der Waals surface area contributed by atoms with Crippen molar-refractivity contribution in [2.24, 2.45) is 0 Å². The van der Waals surface area contributed by atoms with Crippen molar-refractivity contribution in [3.05, 3.63) is 198 Å². The first-order valence-corrected chi connectivity index (χ1v) is 23.9. The third-order valence-electron chi connectivity index (χ3n) is 13.3. The molecule has 0 unspecified atom stereocenters. The molecule has 4 N–H and O–H groups in total. The number of nitrogens with one attached hydrogen (secondary N) is 4. The van der Waals surface area contributed by atoms with Gasteiger partial charge in [-0.1, -0.05) is 48.0 Å². The molecule has 2 aliphatic rings. The molecule has 8 aromatic rings. The normalized spacial score (nSPS) is 14.4. The third-order valence-corrected chi connectivity index (χ3v) is 13.6. The van der Waals surface area contributed by atoms with Crippen molar-refractivity contribution < 1.29 is 41.9 Å². The van der Waals surface area contributed by atoms with Gasteiger partial charge in [0.15, 0.2) is 34.5 Å². The zero-order valence-corrected chi connectivity index (χ0v) is 41.0. The molecular weight excluding hydrogens is 977 g/mol. The molecule has 10 rings (SSSR count). The Morgan fingerprint density at radius 1 is 0.568 bits per heavy atom. The van der Waals surface area contributed by atoms with Crippen molar-refractivity contribution in [2.45, 2.75) is 78.6 Å². The van der Waals surface area contributed by atoms with Gasteiger partial charge >= 0.3 is 0 Å². The maximum Gasteiger partial charge on any atom is 0.270 e. The minimum Gasteiger partial charge on any atom is -0.347 e. The van der Waals surface area contributed by atoms with E-state index in [1.54, 1.807) is 31.2 Å². The Balaban J connectivity index is 0.000000182.